The molecule has 0 saturated heterocycles. The van der Waals surface area contributed by atoms with Crippen molar-refractivity contribution >= 4 is 11.9 Å². The number of fused-ring (bicyclic) bond motifs is 2. The summed E-state index contributed by atoms with van der Waals surface area (Å²) in [6.45, 7) is 7.70. The molecule has 2 heterocycles. The van der Waals surface area contributed by atoms with Gasteiger partial charge >= 0.3 is 0 Å². The van der Waals surface area contributed by atoms with Crippen molar-refractivity contribution in [3.05, 3.63) is 58.2 Å². The topological polar surface area (TPSA) is 96.2 Å². The van der Waals surface area contributed by atoms with Crippen molar-refractivity contribution in [1.29, 1.82) is 0 Å². The molecule has 2 aromatic carbocycles. The zero-order valence-electron chi connectivity index (χ0n) is 18.0. The maximum atomic E-state index is 13.4. The number of hydrogen-bond donors (Lipinski definition) is 3. The molecular formula is C25H26O6. The van der Waals surface area contributed by atoms with E-state index in [9.17, 15) is 20.1 Å². The number of aromatic hydroxyl groups is 3. The SMILES string of the molecule is CC(C)=CCc1cc([C@@H]2COc3cc4c(c(O)c3C2=O)C=CC(C)(C)O4)c(O)cc1O. The van der Waals surface area contributed by atoms with Crippen LogP contribution in [0.4, 0.5) is 0 Å². The molecule has 4 rings (SSSR count). The summed E-state index contributed by atoms with van der Waals surface area (Å²) in [6, 6.07) is 4.50. The first-order valence-electron chi connectivity index (χ1n) is 10.2. The number of carbonyl (C=O) groups excluding carboxylic acids is 1. The van der Waals surface area contributed by atoms with Gasteiger partial charge in [0.1, 0.15) is 46.5 Å². The number of ether oxygens (including phenoxy) is 2. The van der Waals surface area contributed by atoms with Crippen LogP contribution in [0, 0.1) is 0 Å². The Morgan fingerprint density at radius 3 is 2.58 bits per heavy atom. The number of phenols is 3. The number of allylic oxidation sites excluding steroid dienone is 2. The van der Waals surface area contributed by atoms with E-state index < -0.39 is 11.5 Å². The van der Waals surface area contributed by atoms with E-state index in [1.54, 1.807) is 18.2 Å². The van der Waals surface area contributed by atoms with Crippen molar-refractivity contribution in [3.63, 3.8) is 0 Å². The van der Waals surface area contributed by atoms with Crippen molar-refractivity contribution in [1.82, 2.24) is 0 Å². The first-order valence-corrected chi connectivity index (χ1v) is 10.2. The molecule has 2 aromatic rings. The van der Waals surface area contributed by atoms with Crippen LogP contribution in [-0.2, 0) is 6.42 Å². The average molecular weight is 422 g/mol. The number of Topliss-reactive ketones (excluding diaryl/α,β-unsaturated/α-hetero) is 1. The normalized spacial score (nSPS) is 18.5. The number of rotatable bonds is 3. The summed E-state index contributed by atoms with van der Waals surface area (Å²) in [5, 5.41) is 31.5. The third-order valence-electron chi connectivity index (χ3n) is 5.59. The van der Waals surface area contributed by atoms with Gasteiger partial charge in [-0.05, 0) is 57.9 Å². The molecule has 0 radical (unpaired) electrons. The molecule has 0 saturated carbocycles. The number of hydrogen-bond acceptors (Lipinski definition) is 6. The van der Waals surface area contributed by atoms with Gasteiger partial charge in [-0.3, -0.25) is 4.79 Å². The van der Waals surface area contributed by atoms with Crippen molar-refractivity contribution in [2.24, 2.45) is 0 Å². The Bertz CT molecular complexity index is 1140. The molecule has 0 fully saturated rings. The van der Waals surface area contributed by atoms with Crippen LogP contribution >= 0.6 is 0 Å². The lowest BCUT2D eigenvalue weighted by Crippen LogP contribution is -2.29. The summed E-state index contributed by atoms with van der Waals surface area (Å²) in [5.41, 5.74) is 2.01. The third kappa shape index (κ3) is 3.74. The fraction of sp³-hybridized carbons (Fsp3) is 0.320. The molecule has 6 nitrogen and oxygen atoms in total. The Balaban J connectivity index is 1.75. The van der Waals surface area contributed by atoms with Crippen LogP contribution in [0.1, 0.15) is 60.7 Å². The molecule has 2 aliphatic rings. The van der Waals surface area contributed by atoms with E-state index in [1.165, 1.54) is 6.07 Å². The molecule has 0 aliphatic carbocycles. The Morgan fingerprint density at radius 2 is 1.87 bits per heavy atom. The zero-order chi connectivity index (χ0) is 22.5. The fourth-order valence-electron chi connectivity index (χ4n) is 3.89. The molecule has 31 heavy (non-hydrogen) atoms. The maximum Gasteiger partial charge on any atom is 0.181 e. The van der Waals surface area contributed by atoms with E-state index in [0.717, 1.165) is 5.57 Å². The van der Waals surface area contributed by atoms with Gasteiger partial charge in [0.15, 0.2) is 5.78 Å². The van der Waals surface area contributed by atoms with Gasteiger partial charge in [-0.25, -0.2) is 0 Å². The lowest BCUT2D eigenvalue weighted by Gasteiger charge is -2.31. The first kappa shape index (κ1) is 20.8. The Morgan fingerprint density at radius 1 is 1.13 bits per heavy atom. The van der Waals surface area contributed by atoms with Crippen LogP contribution in [-0.4, -0.2) is 33.3 Å². The predicted molar refractivity (Wildman–Crippen MR) is 117 cm³/mol. The quantitative estimate of drug-likeness (QED) is 0.612. The summed E-state index contributed by atoms with van der Waals surface area (Å²) in [5.74, 6) is -0.882. The van der Waals surface area contributed by atoms with E-state index in [1.807, 2.05) is 39.8 Å². The highest BCUT2D eigenvalue weighted by Crippen LogP contribution is 2.47. The second-order valence-corrected chi connectivity index (χ2v) is 8.80. The van der Waals surface area contributed by atoms with Gasteiger partial charge in [-0.1, -0.05) is 11.6 Å². The van der Waals surface area contributed by atoms with Gasteiger partial charge in [0, 0.05) is 17.7 Å². The molecule has 0 unspecified atom stereocenters. The van der Waals surface area contributed by atoms with Crippen molar-refractivity contribution < 1.29 is 29.6 Å². The zero-order valence-corrected chi connectivity index (χ0v) is 18.0. The predicted octanol–water partition coefficient (Wildman–Crippen LogP) is 4.86. The highest BCUT2D eigenvalue weighted by atomic mass is 16.5. The van der Waals surface area contributed by atoms with Crippen molar-refractivity contribution in [3.8, 4) is 28.7 Å². The minimum absolute atomic E-state index is 0.00368. The summed E-state index contributed by atoms with van der Waals surface area (Å²) < 4.78 is 11.7. The van der Waals surface area contributed by atoms with E-state index in [-0.39, 0.29) is 41.0 Å². The Hall–Kier alpha value is -3.41. The third-order valence-corrected chi connectivity index (χ3v) is 5.59. The second-order valence-electron chi connectivity index (χ2n) is 8.80. The molecule has 2 aliphatic heterocycles. The van der Waals surface area contributed by atoms with Gasteiger partial charge in [0.25, 0.3) is 0 Å². The monoisotopic (exact) mass is 422 g/mol. The smallest absolute Gasteiger partial charge is 0.181 e. The molecule has 3 N–H and O–H groups in total. The van der Waals surface area contributed by atoms with Gasteiger partial charge in [0.05, 0.1) is 11.5 Å². The van der Waals surface area contributed by atoms with E-state index in [4.69, 9.17) is 9.47 Å². The van der Waals surface area contributed by atoms with Crippen LogP contribution in [0.2, 0.25) is 0 Å². The fourth-order valence-corrected chi connectivity index (χ4v) is 3.89. The second kappa shape index (κ2) is 7.38. The number of benzene rings is 2. The molecule has 0 aromatic heterocycles. The molecule has 6 heteroatoms. The average Bonchev–Trinajstić information content (AvgIpc) is 2.67. The van der Waals surface area contributed by atoms with Gasteiger partial charge in [0.2, 0.25) is 0 Å². The summed E-state index contributed by atoms with van der Waals surface area (Å²) in [4.78, 5) is 13.4. The largest absolute Gasteiger partial charge is 0.508 e. The number of phenolic OH excluding ortho intramolecular Hbond substituents is 3. The van der Waals surface area contributed by atoms with Crippen LogP contribution in [0.3, 0.4) is 0 Å². The summed E-state index contributed by atoms with van der Waals surface area (Å²) in [7, 11) is 0. The number of carbonyl (C=O) groups is 1. The van der Waals surface area contributed by atoms with Crippen molar-refractivity contribution in [2.45, 2.75) is 45.6 Å². The van der Waals surface area contributed by atoms with E-state index in [2.05, 4.69) is 0 Å². The molecular weight excluding hydrogens is 396 g/mol. The highest BCUT2D eigenvalue weighted by Gasteiger charge is 2.37. The number of ketones is 1. The molecule has 162 valence electrons. The standard InChI is InChI=1S/C25H26O6/c1-13(2)5-6-14-9-16(19(27)10-18(14)26)17-12-30-21-11-20-15(7-8-25(3,4)31-20)23(28)22(21)24(17)29/h5,7-11,17,26-28H,6,12H2,1-4H3/t17-/m0/s1. The lowest BCUT2D eigenvalue weighted by molar-refractivity contribution is 0.0888. The summed E-state index contributed by atoms with van der Waals surface area (Å²) in [6.07, 6.45) is 5.97. The van der Waals surface area contributed by atoms with Gasteiger partial charge < -0.3 is 24.8 Å². The van der Waals surface area contributed by atoms with Crippen LogP contribution in [0.15, 0.2) is 35.9 Å². The Kier molecular flexibility index (Phi) is 4.96. The molecule has 0 bridgehead atoms. The van der Waals surface area contributed by atoms with Gasteiger partial charge in [-0.15, -0.1) is 0 Å². The van der Waals surface area contributed by atoms with E-state index >= 15 is 0 Å². The summed E-state index contributed by atoms with van der Waals surface area (Å²) >= 11 is 0. The minimum atomic E-state index is -0.813. The maximum absolute atomic E-state index is 13.4. The van der Waals surface area contributed by atoms with Crippen LogP contribution in [0.5, 0.6) is 28.7 Å². The minimum Gasteiger partial charge on any atom is -0.508 e. The van der Waals surface area contributed by atoms with Gasteiger partial charge in [-0.2, -0.15) is 0 Å². The molecule has 1 atom stereocenters. The lowest BCUT2D eigenvalue weighted by atomic mass is 9.85. The van der Waals surface area contributed by atoms with E-state index in [0.29, 0.717) is 28.9 Å². The Labute approximate surface area is 181 Å². The van der Waals surface area contributed by atoms with Crippen LogP contribution in [0.25, 0.3) is 6.08 Å². The molecule has 0 amide bonds. The highest BCUT2D eigenvalue weighted by molar-refractivity contribution is 6.08. The van der Waals surface area contributed by atoms with Crippen molar-refractivity contribution in [2.75, 3.05) is 6.61 Å². The van der Waals surface area contributed by atoms with Crippen LogP contribution < -0.4 is 9.47 Å². The molecule has 0 spiro atoms. The first-order chi connectivity index (χ1) is 14.6.